The van der Waals surface area contributed by atoms with Gasteiger partial charge < -0.3 is 19.7 Å². The standard InChI is InChI=1S/C20H28N2O5/c1-5-13(3)18(20(25)27-6-2)21-19(24)14-11-17(23)22(12-14)15-9-7-8-10-16(15)26-4/h7-10,13-14,18H,5-6,11-12H2,1-4H3,(H,21,24)/t13-,14-,18-/m1/s1. The Morgan fingerprint density at radius 3 is 2.63 bits per heavy atom. The van der Waals surface area contributed by atoms with Crippen LogP contribution in [0.5, 0.6) is 5.75 Å². The Hall–Kier alpha value is -2.57. The van der Waals surface area contributed by atoms with E-state index >= 15 is 0 Å². The predicted molar refractivity (Wildman–Crippen MR) is 101 cm³/mol. The maximum atomic E-state index is 12.7. The Balaban J connectivity index is 2.11. The van der Waals surface area contributed by atoms with Crippen LogP contribution in [0, 0.1) is 11.8 Å². The summed E-state index contributed by atoms with van der Waals surface area (Å²) in [6, 6.07) is 6.49. The Kier molecular flexibility index (Phi) is 7.21. The molecule has 0 aliphatic carbocycles. The second-order valence-corrected chi connectivity index (χ2v) is 6.70. The van der Waals surface area contributed by atoms with Crippen molar-refractivity contribution < 1.29 is 23.9 Å². The zero-order valence-corrected chi connectivity index (χ0v) is 16.4. The van der Waals surface area contributed by atoms with E-state index in [2.05, 4.69) is 5.32 Å². The molecule has 0 aromatic heterocycles. The molecule has 0 saturated carbocycles. The molecule has 1 fully saturated rings. The first-order valence-corrected chi connectivity index (χ1v) is 9.33. The van der Waals surface area contributed by atoms with Gasteiger partial charge in [0.2, 0.25) is 11.8 Å². The fourth-order valence-corrected chi connectivity index (χ4v) is 3.14. The van der Waals surface area contributed by atoms with Crippen LogP contribution >= 0.6 is 0 Å². The van der Waals surface area contributed by atoms with Crippen LogP contribution < -0.4 is 15.0 Å². The number of hydrogen-bond donors (Lipinski definition) is 1. The third-order valence-corrected chi connectivity index (χ3v) is 4.92. The highest BCUT2D eigenvalue weighted by molar-refractivity contribution is 6.01. The topological polar surface area (TPSA) is 84.9 Å². The molecule has 7 heteroatoms. The average molecular weight is 376 g/mol. The van der Waals surface area contributed by atoms with Crippen LogP contribution in [0.15, 0.2) is 24.3 Å². The minimum atomic E-state index is -0.710. The number of amides is 2. The summed E-state index contributed by atoms with van der Waals surface area (Å²) in [5, 5.41) is 2.79. The number of carbonyl (C=O) groups is 3. The summed E-state index contributed by atoms with van der Waals surface area (Å²) in [7, 11) is 1.54. The zero-order chi connectivity index (χ0) is 20.0. The zero-order valence-electron chi connectivity index (χ0n) is 16.4. The molecule has 2 amide bonds. The van der Waals surface area contributed by atoms with E-state index in [0.29, 0.717) is 11.4 Å². The highest BCUT2D eigenvalue weighted by Crippen LogP contribution is 2.32. The summed E-state index contributed by atoms with van der Waals surface area (Å²) >= 11 is 0. The van der Waals surface area contributed by atoms with Crippen LogP contribution in [-0.2, 0) is 19.1 Å². The Labute approximate surface area is 160 Å². The first-order chi connectivity index (χ1) is 12.9. The van der Waals surface area contributed by atoms with Crippen LogP contribution in [0.2, 0.25) is 0 Å². The summed E-state index contributed by atoms with van der Waals surface area (Å²) in [5.74, 6) is -0.893. The van der Waals surface area contributed by atoms with Gasteiger partial charge in [0.15, 0.2) is 0 Å². The SMILES string of the molecule is CCOC(=O)[C@H](NC(=O)[C@@H]1CC(=O)N(c2ccccc2OC)C1)[C@H](C)CC. The Morgan fingerprint density at radius 1 is 1.30 bits per heavy atom. The fourth-order valence-electron chi connectivity index (χ4n) is 3.14. The number of anilines is 1. The number of ether oxygens (including phenoxy) is 2. The van der Waals surface area contributed by atoms with Crippen LogP contribution in [0.25, 0.3) is 0 Å². The molecule has 3 atom stereocenters. The molecule has 1 aromatic carbocycles. The van der Waals surface area contributed by atoms with Gasteiger partial charge in [-0.05, 0) is 25.0 Å². The number of methoxy groups -OCH3 is 1. The van der Waals surface area contributed by atoms with Gasteiger partial charge in [0.1, 0.15) is 11.8 Å². The number of hydrogen-bond acceptors (Lipinski definition) is 5. The molecule has 1 saturated heterocycles. The number of nitrogens with one attached hydrogen (secondary N) is 1. The Bertz CT molecular complexity index is 691. The van der Waals surface area contributed by atoms with Crippen molar-refractivity contribution in [3.05, 3.63) is 24.3 Å². The summed E-state index contributed by atoms with van der Waals surface area (Å²) in [6.45, 7) is 6.08. The number of carbonyl (C=O) groups excluding carboxylic acids is 3. The van der Waals surface area contributed by atoms with Crippen molar-refractivity contribution in [2.45, 2.75) is 39.7 Å². The maximum Gasteiger partial charge on any atom is 0.328 e. The molecule has 7 nitrogen and oxygen atoms in total. The molecular formula is C20H28N2O5. The third kappa shape index (κ3) is 4.78. The monoisotopic (exact) mass is 376 g/mol. The molecule has 148 valence electrons. The number of benzene rings is 1. The molecular weight excluding hydrogens is 348 g/mol. The van der Waals surface area contributed by atoms with E-state index in [9.17, 15) is 14.4 Å². The van der Waals surface area contributed by atoms with Gasteiger partial charge >= 0.3 is 5.97 Å². The molecule has 0 unspecified atom stereocenters. The van der Waals surface area contributed by atoms with Gasteiger partial charge in [-0.25, -0.2) is 4.79 Å². The van der Waals surface area contributed by atoms with E-state index in [1.54, 1.807) is 31.1 Å². The molecule has 0 spiro atoms. The smallest absolute Gasteiger partial charge is 0.328 e. The van der Waals surface area contributed by atoms with Crippen molar-refractivity contribution in [3.8, 4) is 5.75 Å². The highest BCUT2D eigenvalue weighted by atomic mass is 16.5. The van der Waals surface area contributed by atoms with E-state index in [1.165, 1.54) is 0 Å². The van der Waals surface area contributed by atoms with Crippen molar-refractivity contribution >= 4 is 23.5 Å². The summed E-state index contributed by atoms with van der Waals surface area (Å²) in [6.07, 6.45) is 0.820. The van der Waals surface area contributed by atoms with Gasteiger partial charge in [0.25, 0.3) is 0 Å². The van der Waals surface area contributed by atoms with Crippen molar-refractivity contribution in [2.24, 2.45) is 11.8 Å². The largest absolute Gasteiger partial charge is 0.495 e. The quantitative estimate of drug-likeness (QED) is 0.703. The predicted octanol–water partition coefficient (Wildman–Crippen LogP) is 2.14. The van der Waals surface area contributed by atoms with Gasteiger partial charge in [-0.2, -0.15) is 0 Å². The molecule has 1 aliphatic rings. The van der Waals surface area contributed by atoms with Crippen LogP contribution in [-0.4, -0.2) is 44.1 Å². The summed E-state index contributed by atoms with van der Waals surface area (Å²) in [5.41, 5.74) is 0.643. The average Bonchev–Trinajstić information content (AvgIpc) is 3.07. The molecule has 1 N–H and O–H groups in total. The first-order valence-electron chi connectivity index (χ1n) is 9.33. The summed E-state index contributed by atoms with van der Waals surface area (Å²) in [4.78, 5) is 39.0. The van der Waals surface area contributed by atoms with Crippen LogP contribution in [0.1, 0.15) is 33.6 Å². The number of nitrogens with zero attached hydrogens (tertiary/aromatic N) is 1. The highest BCUT2D eigenvalue weighted by Gasteiger charge is 2.38. The van der Waals surface area contributed by atoms with Crippen LogP contribution in [0.4, 0.5) is 5.69 Å². The third-order valence-electron chi connectivity index (χ3n) is 4.92. The lowest BCUT2D eigenvalue weighted by atomic mass is 9.98. The Morgan fingerprint density at radius 2 is 2.00 bits per heavy atom. The minimum absolute atomic E-state index is 0.0598. The lowest BCUT2D eigenvalue weighted by Gasteiger charge is -2.24. The molecule has 1 heterocycles. The molecule has 27 heavy (non-hydrogen) atoms. The van der Waals surface area contributed by atoms with E-state index in [1.807, 2.05) is 26.0 Å². The van der Waals surface area contributed by atoms with Gasteiger partial charge in [0.05, 0.1) is 25.3 Å². The summed E-state index contributed by atoms with van der Waals surface area (Å²) < 4.78 is 10.4. The number of para-hydroxylation sites is 2. The van der Waals surface area contributed by atoms with E-state index in [0.717, 1.165) is 6.42 Å². The normalized spacial score (nSPS) is 18.7. The van der Waals surface area contributed by atoms with E-state index in [4.69, 9.17) is 9.47 Å². The number of esters is 1. The van der Waals surface area contributed by atoms with Gasteiger partial charge in [-0.3, -0.25) is 9.59 Å². The van der Waals surface area contributed by atoms with Gasteiger partial charge in [-0.15, -0.1) is 0 Å². The second kappa shape index (κ2) is 9.39. The maximum absolute atomic E-state index is 12.7. The molecule has 1 aliphatic heterocycles. The lowest BCUT2D eigenvalue weighted by Crippen LogP contribution is -2.48. The van der Waals surface area contributed by atoms with Gasteiger partial charge in [-0.1, -0.05) is 32.4 Å². The van der Waals surface area contributed by atoms with E-state index < -0.39 is 17.9 Å². The van der Waals surface area contributed by atoms with E-state index in [-0.39, 0.29) is 37.3 Å². The van der Waals surface area contributed by atoms with Crippen LogP contribution in [0.3, 0.4) is 0 Å². The van der Waals surface area contributed by atoms with Gasteiger partial charge in [0, 0.05) is 13.0 Å². The van der Waals surface area contributed by atoms with Crippen molar-refractivity contribution in [1.29, 1.82) is 0 Å². The molecule has 0 radical (unpaired) electrons. The lowest BCUT2D eigenvalue weighted by molar-refractivity contribution is -0.149. The fraction of sp³-hybridized carbons (Fsp3) is 0.550. The second-order valence-electron chi connectivity index (χ2n) is 6.70. The molecule has 2 rings (SSSR count). The number of rotatable bonds is 8. The first kappa shape index (κ1) is 20.7. The molecule has 1 aromatic rings. The molecule has 0 bridgehead atoms. The minimum Gasteiger partial charge on any atom is -0.495 e. The van der Waals surface area contributed by atoms with Crippen molar-refractivity contribution in [2.75, 3.05) is 25.2 Å². The van der Waals surface area contributed by atoms with Crippen molar-refractivity contribution in [1.82, 2.24) is 5.32 Å². The van der Waals surface area contributed by atoms with Crippen molar-refractivity contribution in [3.63, 3.8) is 0 Å².